The molecular weight excluding hydrogens is 426 g/mol. The van der Waals surface area contributed by atoms with Crippen LogP contribution in [-0.4, -0.2) is 72.3 Å². The van der Waals surface area contributed by atoms with Crippen molar-refractivity contribution in [3.05, 3.63) is 41.3 Å². The molecule has 8 nitrogen and oxygen atoms in total. The number of imidazole rings is 1. The Balaban J connectivity index is 1.33. The Kier molecular flexibility index (Phi) is 6.31. The third-order valence-corrected chi connectivity index (χ3v) is 8.77. The summed E-state index contributed by atoms with van der Waals surface area (Å²) in [5, 5.41) is 0.0878. The van der Waals surface area contributed by atoms with Crippen molar-refractivity contribution < 1.29 is 13.2 Å². The molecule has 0 radical (unpaired) electrons. The minimum Gasteiger partial charge on any atom is -0.368 e. The second-order valence-electron chi connectivity index (χ2n) is 8.95. The van der Waals surface area contributed by atoms with E-state index in [9.17, 15) is 13.2 Å². The van der Waals surface area contributed by atoms with Crippen molar-refractivity contribution >= 4 is 21.6 Å². The summed E-state index contributed by atoms with van der Waals surface area (Å²) in [4.78, 5) is 21.6. The molecule has 0 spiro atoms. The number of rotatable bonds is 4. The van der Waals surface area contributed by atoms with Crippen LogP contribution in [0.2, 0.25) is 0 Å². The highest BCUT2D eigenvalue weighted by atomic mass is 32.2. The maximum Gasteiger partial charge on any atom is 0.262 e. The van der Waals surface area contributed by atoms with Gasteiger partial charge in [0.1, 0.15) is 5.82 Å². The fraction of sp³-hybridized carbons (Fsp3) is 0.565. The van der Waals surface area contributed by atoms with E-state index in [2.05, 4.69) is 41.9 Å². The van der Waals surface area contributed by atoms with Crippen molar-refractivity contribution in [3.8, 4) is 0 Å². The van der Waals surface area contributed by atoms with Gasteiger partial charge in [0.2, 0.25) is 5.91 Å². The molecule has 4 rings (SSSR count). The molecule has 2 aromatic rings. The zero-order valence-electron chi connectivity index (χ0n) is 19.4. The first-order valence-electron chi connectivity index (χ1n) is 11.3. The Morgan fingerprint density at radius 3 is 2.25 bits per heavy atom. The SMILES string of the molecule is Cc1cccc(N2CCN(C(=O)C3CCN(S(=O)(=O)c4cn(C)c(C)n4)CC3)CC2)c1C. The standard InChI is InChI=1S/C23H33N5O3S/c1-17-6-5-7-21(18(17)2)26-12-14-27(15-13-26)23(29)20-8-10-28(11-9-20)32(30,31)22-16-25(4)19(3)24-22/h5-7,16,20H,8-15H2,1-4H3. The summed E-state index contributed by atoms with van der Waals surface area (Å²) >= 11 is 0. The van der Waals surface area contributed by atoms with Gasteiger partial charge in [0.05, 0.1) is 0 Å². The Morgan fingerprint density at radius 2 is 1.66 bits per heavy atom. The molecule has 0 aliphatic carbocycles. The second-order valence-corrected chi connectivity index (χ2v) is 10.8. The molecule has 32 heavy (non-hydrogen) atoms. The lowest BCUT2D eigenvalue weighted by Crippen LogP contribution is -2.52. The van der Waals surface area contributed by atoms with E-state index >= 15 is 0 Å². The molecule has 1 amide bonds. The van der Waals surface area contributed by atoms with Crippen molar-refractivity contribution in [1.29, 1.82) is 0 Å². The summed E-state index contributed by atoms with van der Waals surface area (Å²) in [6, 6.07) is 6.36. The van der Waals surface area contributed by atoms with Crippen LogP contribution in [0.4, 0.5) is 5.69 Å². The smallest absolute Gasteiger partial charge is 0.262 e. The van der Waals surface area contributed by atoms with E-state index in [0.717, 1.165) is 13.1 Å². The van der Waals surface area contributed by atoms with Crippen LogP contribution in [0.1, 0.15) is 29.8 Å². The summed E-state index contributed by atoms with van der Waals surface area (Å²) in [6.07, 6.45) is 2.67. The molecular formula is C23H33N5O3S. The molecule has 174 valence electrons. The molecule has 0 N–H and O–H groups in total. The number of aryl methyl sites for hydroxylation is 3. The van der Waals surface area contributed by atoms with E-state index in [0.29, 0.717) is 44.8 Å². The number of hydrogen-bond donors (Lipinski definition) is 0. The van der Waals surface area contributed by atoms with Crippen LogP contribution >= 0.6 is 0 Å². The normalized spacial score (nSPS) is 18.9. The highest BCUT2D eigenvalue weighted by Gasteiger charge is 2.35. The van der Waals surface area contributed by atoms with Crippen molar-refractivity contribution in [2.75, 3.05) is 44.2 Å². The monoisotopic (exact) mass is 459 g/mol. The first-order chi connectivity index (χ1) is 15.2. The Hall–Kier alpha value is -2.39. The van der Waals surface area contributed by atoms with Crippen LogP contribution < -0.4 is 4.90 Å². The van der Waals surface area contributed by atoms with Crippen molar-refractivity contribution in [3.63, 3.8) is 0 Å². The van der Waals surface area contributed by atoms with Crippen LogP contribution in [0.5, 0.6) is 0 Å². The van der Waals surface area contributed by atoms with Gasteiger partial charge in [-0.2, -0.15) is 4.31 Å². The largest absolute Gasteiger partial charge is 0.368 e. The lowest BCUT2D eigenvalue weighted by molar-refractivity contribution is -0.137. The van der Waals surface area contributed by atoms with E-state index < -0.39 is 10.0 Å². The second kappa shape index (κ2) is 8.86. The fourth-order valence-electron chi connectivity index (χ4n) is 4.63. The number of carbonyl (C=O) groups is 1. The van der Waals surface area contributed by atoms with E-state index in [1.54, 1.807) is 24.7 Å². The predicted octanol–water partition coefficient (Wildman–Crippen LogP) is 2.09. The highest BCUT2D eigenvalue weighted by molar-refractivity contribution is 7.89. The Bertz CT molecular complexity index is 1080. The fourth-order valence-corrected chi connectivity index (χ4v) is 6.12. The topological polar surface area (TPSA) is 78.8 Å². The lowest BCUT2D eigenvalue weighted by Gasteiger charge is -2.39. The van der Waals surface area contributed by atoms with Crippen LogP contribution in [0.15, 0.2) is 29.4 Å². The van der Waals surface area contributed by atoms with Crippen LogP contribution in [0.3, 0.4) is 0 Å². The number of aromatic nitrogens is 2. The summed E-state index contributed by atoms with van der Waals surface area (Å²) < 4.78 is 29.0. The number of nitrogens with zero attached hydrogens (tertiary/aromatic N) is 5. The molecule has 0 saturated carbocycles. The first-order valence-corrected chi connectivity index (χ1v) is 12.7. The van der Waals surface area contributed by atoms with E-state index in [1.165, 1.54) is 21.1 Å². The number of hydrogen-bond acceptors (Lipinski definition) is 5. The molecule has 3 heterocycles. The van der Waals surface area contributed by atoms with Gasteiger partial charge < -0.3 is 14.4 Å². The molecule has 0 unspecified atom stereocenters. The average molecular weight is 460 g/mol. The van der Waals surface area contributed by atoms with Crippen molar-refractivity contribution in [1.82, 2.24) is 18.8 Å². The van der Waals surface area contributed by atoms with Gasteiger partial charge in [-0.05, 0) is 50.8 Å². The molecule has 2 fully saturated rings. The Morgan fingerprint density at radius 1 is 1.00 bits per heavy atom. The highest BCUT2D eigenvalue weighted by Crippen LogP contribution is 2.27. The van der Waals surface area contributed by atoms with Crippen LogP contribution in [0, 0.1) is 26.7 Å². The van der Waals surface area contributed by atoms with Crippen LogP contribution in [0.25, 0.3) is 0 Å². The van der Waals surface area contributed by atoms with Gasteiger partial charge in [-0.15, -0.1) is 0 Å². The molecule has 9 heteroatoms. The minimum absolute atomic E-state index is 0.0878. The molecule has 2 aliphatic rings. The van der Waals surface area contributed by atoms with E-state index in [1.807, 2.05) is 4.90 Å². The molecule has 0 atom stereocenters. The minimum atomic E-state index is -3.61. The third-order valence-electron chi connectivity index (χ3n) is 7.00. The van der Waals surface area contributed by atoms with Gasteiger partial charge in [-0.3, -0.25) is 4.79 Å². The van der Waals surface area contributed by atoms with Gasteiger partial charge in [0.15, 0.2) is 5.03 Å². The number of benzene rings is 1. The van der Waals surface area contributed by atoms with Gasteiger partial charge in [-0.25, -0.2) is 13.4 Å². The third kappa shape index (κ3) is 4.28. The molecule has 2 aliphatic heterocycles. The van der Waals surface area contributed by atoms with E-state index in [-0.39, 0.29) is 16.9 Å². The zero-order chi connectivity index (χ0) is 23.0. The van der Waals surface area contributed by atoms with Gasteiger partial charge in [-0.1, -0.05) is 12.1 Å². The quantitative estimate of drug-likeness (QED) is 0.700. The number of carbonyl (C=O) groups excluding carboxylic acids is 1. The molecule has 0 bridgehead atoms. The lowest BCUT2D eigenvalue weighted by atomic mass is 9.96. The summed E-state index contributed by atoms with van der Waals surface area (Å²) in [5.41, 5.74) is 3.83. The van der Waals surface area contributed by atoms with Crippen molar-refractivity contribution in [2.24, 2.45) is 13.0 Å². The molecule has 1 aromatic heterocycles. The summed E-state index contributed by atoms with van der Waals surface area (Å²) in [5.74, 6) is 0.712. The number of anilines is 1. The van der Waals surface area contributed by atoms with Crippen molar-refractivity contribution in [2.45, 2.75) is 38.6 Å². The number of piperidine rings is 1. The predicted molar refractivity (Wildman–Crippen MR) is 124 cm³/mol. The summed E-state index contributed by atoms with van der Waals surface area (Å²) in [6.45, 7) is 9.83. The van der Waals surface area contributed by atoms with Gasteiger partial charge >= 0.3 is 0 Å². The molecule has 2 saturated heterocycles. The van der Waals surface area contributed by atoms with Gasteiger partial charge in [0, 0.05) is 64.1 Å². The first kappa shape index (κ1) is 22.8. The number of amides is 1. The zero-order valence-corrected chi connectivity index (χ0v) is 20.2. The maximum atomic E-state index is 13.1. The maximum absolute atomic E-state index is 13.1. The number of piperazine rings is 1. The number of sulfonamides is 1. The summed E-state index contributed by atoms with van der Waals surface area (Å²) in [7, 11) is -1.83. The Labute approximate surface area is 190 Å². The van der Waals surface area contributed by atoms with Crippen LogP contribution in [-0.2, 0) is 21.9 Å². The molecule has 1 aromatic carbocycles. The van der Waals surface area contributed by atoms with Gasteiger partial charge in [0.25, 0.3) is 10.0 Å². The average Bonchev–Trinajstić information content (AvgIpc) is 3.14. The van der Waals surface area contributed by atoms with E-state index in [4.69, 9.17) is 0 Å².